The van der Waals surface area contributed by atoms with E-state index in [0.717, 1.165) is 17.2 Å². The van der Waals surface area contributed by atoms with Crippen LogP contribution in [0.3, 0.4) is 0 Å². The highest BCUT2D eigenvalue weighted by Gasteiger charge is 2.37. The van der Waals surface area contributed by atoms with Crippen molar-refractivity contribution in [3.8, 4) is 5.75 Å². The third kappa shape index (κ3) is 2.43. The van der Waals surface area contributed by atoms with Crippen molar-refractivity contribution in [2.45, 2.75) is 37.6 Å². The molecule has 0 aromatic heterocycles. The number of ether oxygens (including phenoxy) is 1. The van der Waals surface area contributed by atoms with Crippen LogP contribution in [0.25, 0.3) is 0 Å². The Kier molecular flexibility index (Phi) is 3.64. The van der Waals surface area contributed by atoms with Gasteiger partial charge in [0.05, 0.1) is 7.11 Å². The maximum absolute atomic E-state index is 6.11. The average molecular weight is 254 g/mol. The molecule has 2 atom stereocenters. The van der Waals surface area contributed by atoms with E-state index in [1.165, 1.54) is 18.4 Å². The molecule has 0 amide bonds. The van der Waals surface area contributed by atoms with Crippen LogP contribution in [0.2, 0.25) is 5.02 Å². The molecule has 94 valence electrons. The highest BCUT2D eigenvalue weighted by Crippen LogP contribution is 2.45. The summed E-state index contributed by atoms with van der Waals surface area (Å²) < 4.78 is 5.47. The molecule has 1 saturated carbocycles. The van der Waals surface area contributed by atoms with Gasteiger partial charge in [-0.2, -0.15) is 0 Å². The molecular formula is C14H20ClNO. The molecule has 2 rings (SSSR count). The third-order valence-corrected chi connectivity index (χ3v) is 4.20. The number of hydrogen-bond acceptors (Lipinski definition) is 2. The highest BCUT2D eigenvalue weighted by molar-refractivity contribution is 6.30. The van der Waals surface area contributed by atoms with Crippen LogP contribution >= 0.6 is 11.6 Å². The van der Waals surface area contributed by atoms with Gasteiger partial charge in [-0.05, 0) is 49.9 Å². The lowest BCUT2D eigenvalue weighted by Gasteiger charge is -2.27. The number of halogens is 1. The van der Waals surface area contributed by atoms with Crippen LogP contribution in [-0.2, 0) is 5.41 Å². The SMILES string of the molecule is CNC1CCC(C)(c2cc(Cl)ccc2OC)C1. The fraction of sp³-hybridized carbons (Fsp3) is 0.571. The predicted octanol–water partition coefficient (Wildman–Crippen LogP) is 3.38. The van der Waals surface area contributed by atoms with Gasteiger partial charge in [0.1, 0.15) is 5.75 Å². The van der Waals surface area contributed by atoms with Gasteiger partial charge in [-0.25, -0.2) is 0 Å². The van der Waals surface area contributed by atoms with Crippen molar-refractivity contribution in [3.63, 3.8) is 0 Å². The minimum atomic E-state index is 0.171. The van der Waals surface area contributed by atoms with E-state index in [-0.39, 0.29) is 5.41 Å². The van der Waals surface area contributed by atoms with Crippen molar-refractivity contribution in [3.05, 3.63) is 28.8 Å². The molecule has 0 bridgehead atoms. The van der Waals surface area contributed by atoms with Crippen LogP contribution in [0.5, 0.6) is 5.75 Å². The molecule has 17 heavy (non-hydrogen) atoms. The van der Waals surface area contributed by atoms with Crippen molar-refractivity contribution in [2.24, 2.45) is 0 Å². The quantitative estimate of drug-likeness (QED) is 0.892. The van der Waals surface area contributed by atoms with E-state index in [9.17, 15) is 0 Å². The van der Waals surface area contributed by atoms with Crippen LogP contribution in [0.1, 0.15) is 31.7 Å². The maximum Gasteiger partial charge on any atom is 0.122 e. The Morgan fingerprint density at radius 3 is 2.82 bits per heavy atom. The van der Waals surface area contributed by atoms with Gasteiger partial charge in [0.15, 0.2) is 0 Å². The van der Waals surface area contributed by atoms with Gasteiger partial charge in [-0.1, -0.05) is 18.5 Å². The van der Waals surface area contributed by atoms with Gasteiger partial charge in [-0.3, -0.25) is 0 Å². The lowest BCUT2D eigenvalue weighted by molar-refractivity contribution is 0.383. The predicted molar refractivity (Wildman–Crippen MR) is 72.1 cm³/mol. The van der Waals surface area contributed by atoms with E-state index < -0.39 is 0 Å². The summed E-state index contributed by atoms with van der Waals surface area (Å²) in [5.41, 5.74) is 1.41. The fourth-order valence-corrected chi connectivity index (χ4v) is 3.06. The molecule has 3 heteroatoms. The van der Waals surface area contributed by atoms with Gasteiger partial charge < -0.3 is 10.1 Å². The van der Waals surface area contributed by atoms with Crippen molar-refractivity contribution in [1.82, 2.24) is 5.32 Å². The Balaban J connectivity index is 2.36. The Morgan fingerprint density at radius 2 is 2.24 bits per heavy atom. The van der Waals surface area contributed by atoms with Gasteiger partial charge >= 0.3 is 0 Å². The largest absolute Gasteiger partial charge is 0.496 e. The topological polar surface area (TPSA) is 21.3 Å². The van der Waals surface area contributed by atoms with Gasteiger partial charge in [0.25, 0.3) is 0 Å². The normalized spacial score (nSPS) is 28.4. The van der Waals surface area contributed by atoms with E-state index in [1.807, 2.05) is 19.2 Å². The molecule has 2 nitrogen and oxygen atoms in total. The molecule has 1 aromatic rings. The number of hydrogen-bond donors (Lipinski definition) is 1. The van der Waals surface area contributed by atoms with Crippen LogP contribution in [0.4, 0.5) is 0 Å². The summed E-state index contributed by atoms with van der Waals surface area (Å²) in [7, 11) is 3.76. The highest BCUT2D eigenvalue weighted by atomic mass is 35.5. The first-order chi connectivity index (χ1) is 8.09. The molecule has 1 aromatic carbocycles. The van der Waals surface area contributed by atoms with E-state index >= 15 is 0 Å². The second-order valence-electron chi connectivity index (χ2n) is 5.13. The molecule has 1 fully saturated rings. The Morgan fingerprint density at radius 1 is 1.47 bits per heavy atom. The molecule has 1 aliphatic carbocycles. The van der Waals surface area contributed by atoms with Crippen molar-refractivity contribution in [2.75, 3.05) is 14.2 Å². The summed E-state index contributed by atoms with van der Waals surface area (Å²) in [5, 5.41) is 4.15. The summed E-state index contributed by atoms with van der Waals surface area (Å²) >= 11 is 6.11. The van der Waals surface area contributed by atoms with Crippen molar-refractivity contribution < 1.29 is 4.74 Å². The van der Waals surface area contributed by atoms with E-state index in [4.69, 9.17) is 16.3 Å². The number of rotatable bonds is 3. The molecule has 0 spiro atoms. The number of nitrogens with one attached hydrogen (secondary N) is 1. The second-order valence-corrected chi connectivity index (χ2v) is 5.57. The summed E-state index contributed by atoms with van der Waals surface area (Å²) in [6, 6.07) is 6.51. The van der Waals surface area contributed by atoms with E-state index in [2.05, 4.69) is 18.3 Å². The zero-order chi connectivity index (χ0) is 12.5. The van der Waals surface area contributed by atoms with Gasteiger partial charge in [-0.15, -0.1) is 0 Å². The van der Waals surface area contributed by atoms with E-state index in [0.29, 0.717) is 6.04 Å². The molecule has 0 heterocycles. The summed E-state index contributed by atoms with van der Waals surface area (Å²) in [6.45, 7) is 2.30. The van der Waals surface area contributed by atoms with Gasteiger partial charge in [0.2, 0.25) is 0 Å². The first kappa shape index (κ1) is 12.7. The number of methoxy groups -OCH3 is 1. The molecule has 0 radical (unpaired) electrons. The Bertz CT molecular complexity index is 407. The number of benzene rings is 1. The second kappa shape index (κ2) is 4.87. The molecule has 0 aliphatic heterocycles. The summed E-state index contributed by atoms with van der Waals surface area (Å²) in [5.74, 6) is 0.952. The zero-order valence-corrected chi connectivity index (χ0v) is 11.5. The molecule has 0 saturated heterocycles. The third-order valence-electron chi connectivity index (χ3n) is 3.96. The molecular weight excluding hydrogens is 234 g/mol. The lowest BCUT2D eigenvalue weighted by atomic mass is 9.80. The van der Waals surface area contributed by atoms with Crippen LogP contribution in [0.15, 0.2) is 18.2 Å². The first-order valence-electron chi connectivity index (χ1n) is 6.10. The molecule has 1 N–H and O–H groups in total. The van der Waals surface area contributed by atoms with Crippen molar-refractivity contribution in [1.29, 1.82) is 0 Å². The van der Waals surface area contributed by atoms with E-state index in [1.54, 1.807) is 7.11 Å². The monoisotopic (exact) mass is 253 g/mol. The minimum absolute atomic E-state index is 0.171. The Labute approximate surface area is 108 Å². The minimum Gasteiger partial charge on any atom is -0.496 e. The van der Waals surface area contributed by atoms with Crippen LogP contribution < -0.4 is 10.1 Å². The zero-order valence-electron chi connectivity index (χ0n) is 10.7. The summed E-state index contributed by atoms with van der Waals surface area (Å²) in [6.07, 6.45) is 3.53. The standard InChI is InChI=1S/C14H20ClNO/c1-14(7-6-11(9-14)16-2)12-8-10(15)4-5-13(12)17-3/h4-5,8,11,16H,6-7,9H2,1-3H3. The first-order valence-corrected chi connectivity index (χ1v) is 6.48. The smallest absolute Gasteiger partial charge is 0.122 e. The lowest BCUT2D eigenvalue weighted by Crippen LogP contribution is -2.26. The Hall–Kier alpha value is -0.730. The van der Waals surface area contributed by atoms with Gasteiger partial charge in [0, 0.05) is 16.6 Å². The fourth-order valence-electron chi connectivity index (χ4n) is 2.88. The average Bonchev–Trinajstić information content (AvgIpc) is 2.72. The summed E-state index contributed by atoms with van der Waals surface area (Å²) in [4.78, 5) is 0. The molecule has 1 aliphatic rings. The maximum atomic E-state index is 6.11. The van der Waals surface area contributed by atoms with Crippen molar-refractivity contribution >= 4 is 11.6 Å². The molecule has 2 unspecified atom stereocenters. The van der Waals surface area contributed by atoms with Crippen LogP contribution in [-0.4, -0.2) is 20.2 Å². The van der Waals surface area contributed by atoms with Crippen LogP contribution in [0, 0.1) is 0 Å².